The maximum absolute atomic E-state index is 13.0. The van der Waals surface area contributed by atoms with Crippen LogP contribution in [0.4, 0.5) is 5.69 Å². The van der Waals surface area contributed by atoms with E-state index < -0.39 is 12.0 Å². The van der Waals surface area contributed by atoms with Crippen molar-refractivity contribution in [2.75, 3.05) is 12.8 Å². The van der Waals surface area contributed by atoms with Gasteiger partial charge in [-0.05, 0) is 46.5 Å². The molecule has 1 unspecified atom stereocenters. The lowest BCUT2D eigenvalue weighted by atomic mass is 9.93. The van der Waals surface area contributed by atoms with Crippen LogP contribution in [0.1, 0.15) is 30.1 Å². The van der Waals surface area contributed by atoms with E-state index in [1.165, 1.54) is 7.11 Å². The van der Waals surface area contributed by atoms with Crippen LogP contribution in [0, 0.1) is 0 Å². The molecule has 0 heterocycles. The van der Waals surface area contributed by atoms with Crippen LogP contribution < -0.4 is 11.1 Å². The van der Waals surface area contributed by atoms with Crippen LogP contribution in [0.5, 0.6) is 0 Å². The van der Waals surface area contributed by atoms with Crippen molar-refractivity contribution in [3.05, 3.63) is 66.2 Å². The molecule has 0 aliphatic rings. The molecule has 0 aliphatic heterocycles. The van der Waals surface area contributed by atoms with Gasteiger partial charge in [-0.2, -0.15) is 0 Å². The van der Waals surface area contributed by atoms with Crippen molar-refractivity contribution >= 4 is 28.3 Å². The number of hydrogen-bond acceptors (Lipinski definition) is 4. The maximum Gasteiger partial charge on any atom is 0.328 e. The predicted molar refractivity (Wildman–Crippen MR) is 112 cm³/mol. The topological polar surface area (TPSA) is 81.4 Å². The van der Waals surface area contributed by atoms with Gasteiger partial charge in [0.2, 0.25) is 0 Å². The lowest BCUT2D eigenvalue weighted by molar-refractivity contribution is -0.143. The molecule has 5 nitrogen and oxygen atoms in total. The number of nitrogens with two attached hydrogens (primary N) is 1. The molecular weight excluding hydrogens is 352 g/mol. The summed E-state index contributed by atoms with van der Waals surface area (Å²) in [5, 5.41) is 4.91. The van der Waals surface area contributed by atoms with E-state index in [1.807, 2.05) is 49.4 Å². The number of hydrogen-bond donors (Lipinski definition) is 2. The van der Waals surface area contributed by atoms with Crippen molar-refractivity contribution in [3.8, 4) is 11.1 Å². The predicted octanol–water partition coefficient (Wildman–Crippen LogP) is 4.16. The van der Waals surface area contributed by atoms with E-state index in [2.05, 4.69) is 5.32 Å². The van der Waals surface area contributed by atoms with Crippen LogP contribution in [0.3, 0.4) is 0 Å². The van der Waals surface area contributed by atoms with Crippen LogP contribution >= 0.6 is 0 Å². The van der Waals surface area contributed by atoms with Gasteiger partial charge in [0.1, 0.15) is 6.04 Å². The minimum absolute atomic E-state index is 0.327. The number of esters is 1. The quantitative estimate of drug-likeness (QED) is 0.500. The number of carbonyl (C=O) groups excluding carboxylic acids is 2. The van der Waals surface area contributed by atoms with Crippen LogP contribution in [-0.4, -0.2) is 25.0 Å². The molecule has 0 radical (unpaired) electrons. The van der Waals surface area contributed by atoms with Gasteiger partial charge in [0, 0.05) is 11.3 Å². The summed E-state index contributed by atoms with van der Waals surface area (Å²) in [4.78, 5) is 25.0. The van der Waals surface area contributed by atoms with Crippen LogP contribution in [0.2, 0.25) is 0 Å². The lowest BCUT2D eigenvalue weighted by Gasteiger charge is -2.18. The molecule has 144 valence electrons. The third-order valence-electron chi connectivity index (χ3n) is 4.74. The Hall–Kier alpha value is -3.34. The molecule has 1 amide bonds. The second kappa shape index (κ2) is 8.57. The number of benzene rings is 3. The van der Waals surface area contributed by atoms with Crippen LogP contribution in [0.25, 0.3) is 21.9 Å². The average Bonchev–Trinajstić information content (AvgIpc) is 2.72. The van der Waals surface area contributed by atoms with E-state index in [4.69, 9.17) is 10.5 Å². The number of fused-ring (bicyclic) bond motifs is 1. The number of amides is 1. The van der Waals surface area contributed by atoms with Gasteiger partial charge in [-0.15, -0.1) is 0 Å². The zero-order valence-corrected chi connectivity index (χ0v) is 16.1. The Kier molecular flexibility index (Phi) is 5.94. The van der Waals surface area contributed by atoms with Crippen LogP contribution in [-0.2, 0) is 9.53 Å². The second-order valence-corrected chi connectivity index (χ2v) is 6.67. The average molecular weight is 376 g/mol. The fraction of sp³-hybridized carbons (Fsp3) is 0.217. The Morgan fingerprint density at radius 2 is 1.79 bits per heavy atom. The summed E-state index contributed by atoms with van der Waals surface area (Å²) in [5.74, 6) is -0.774. The Morgan fingerprint density at radius 3 is 2.54 bits per heavy atom. The normalized spacial score (nSPS) is 11.8. The molecule has 0 bridgehead atoms. The number of carbonyl (C=O) groups is 2. The first-order chi connectivity index (χ1) is 13.5. The molecule has 3 aromatic rings. The molecule has 3 rings (SSSR count). The highest BCUT2D eigenvalue weighted by molar-refractivity contribution is 6.07. The van der Waals surface area contributed by atoms with Crippen molar-refractivity contribution in [3.63, 3.8) is 0 Å². The first kappa shape index (κ1) is 19.4. The van der Waals surface area contributed by atoms with Gasteiger partial charge in [0.15, 0.2) is 0 Å². The molecule has 0 spiro atoms. The Bertz CT molecular complexity index is 1010. The minimum atomic E-state index is -0.680. The number of nitrogens with one attached hydrogen (secondary N) is 1. The molecule has 3 aromatic carbocycles. The van der Waals surface area contributed by atoms with E-state index in [0.717, 1.165) is 28.3 Å². The Labute approximate surface area is 164 Å². The maximum atomic E-state index is 13.0. The smallest absolute Gasteiger partial charge is 0.328 e. The van der Waals surface area contributed by atoms with Crippen LogP contribution in [0.15, 0.2) is 60.7 Å². The van der Waals surface area contributed by atoms with Gasteiger partial charge in [-0.1, -0.05) is 55.8 Å². The molecule has 28 heavy (non-hydrogen) atoms. The SMILES string of the molecule is CCCC(NC(=O)c1ccc(N)cc1-c1cccc2ccccc12)C(=O)OC. The van der Waals surface area contributed by atoms with Crippen molar-refractivity contribution < 1.29 is 14.3 Å². The monoisotopic (exact) mass is 376 g/mol. The van der Waals surface area contributed by atoms with Crippen molar-refractivity contribution in [2.24, 2.45) is 0 Å². The van der Waals surface area contributed by atoms with E-state index in [9.17, 15) is 9.59 Å². The second-order valence-electron chi connectivity index (χ2n) is 6.67. The highest BCUT2D eigenvalue weighted by Crippen LogP contribution is 2.32. The van der Waals surface area contributed by atoms with E-state index in [0.29, 0.717) is 17.7 Å². The number of ether oxygens (including phenoxy) is 1. The minimum Gasteiger partial charge on any atom is -0.467 e. The Morgan fingerprint density at radius 1 is 1.04 bits per heavy atom. The first-order valence-corrected chi connectivity index (χ1v) is 9.31. The summed E-state index contributed by atoms with van der Waals surface area (Å²) in [6.07, 6.45) is 1.26. The fourth-order valence-corrected chi connectivity index (χ4v) is 3.36. The summed E-state index contributed by atoms with van der Waals surface area (Å²) in [6.45, 7) is 1.95. The van der Waals surface area contributed by atoms with Crippen molar-refractivity contribution in [1.82, 2.24) is 5.32 Å². The summed E-state index contributed by atoms with van der Waals surface area (Å²) in [5.41, 5.74) is 8.71. The third kappa shape index (κ3) is 3.98. The highest BCUT2D eigenvalue weighted by atomic mass is 16.5. The molecule has 0 saturated carbocycles. The molecule has 1 atom stereocenters. The molecule has 0 fully saturated rings. The number of rotatable bonds is 6. The summed E-state index contributed by atoms with van der Waals surface area (Å²) < 4.78 is 4.82. The van der Waals surface area contributed by atoms with Gasteiger partial charge in [0.25, 0.3) is 5.91 Å². The molecule has 0 aliphatic carbocycles. The zero-order valence-electron chi connectivity index (χ0n) is 16.1. The molecule has 3 N–H and O–H groups in total. The first-order valence-electron chi connectivity index (χ1n) is 9.31. The van der Waals surface area contributed by atoms with Gasteiger partial charge >= 0.3 is 5.97 Å². The largest absolute Gasteiger partial charge is 0.467 e. The molecule has 0 saturated heterocycles. The zero-order chi connectivity index (χ0) is 20.1. The number of nitrogen functional groups attached to an aromatic ring is 1. The Balaban J connectivity index is 2.06. The van der Waals surface area contributed by atoms with Crippen molar-refractivity contribution in [1.29, 1.82) is 0 Å². The van der Waals surface area contributed by atoms with Gasteiger partial charge in [-0.3, -0.25) is 4.79 Å². The summed E-state index contributed by atoms with van der Waals surface area (Å²) in [6, 6.07) is 18.4. The lowest BCUT2D eigenvalue weighted by Crippen LogP contribution is -2.41. The van der Waals surface area contributed by atoms with Gasteiger partial charge in [-0.25, -0.2) is 4.79 Å². The van der Waals surface area contributed by atoms with E-state index >= 15 is 0 Å². The highest BCUT2D eigenvalue weighted by Gasteiger charge is 2.23. The van der Waals surface area contributed by atoms with E-state index in [-0.39, 0.29) is 5.91 Å². The molecule has 5 heteroatoms. The van der Waals surface area contributed by atoms with Gasteiger partial charge in [0.05, 0.1) is 7.11 Å². The van der Waals surface area contributed by atoms with Gasteiger partial charge < -0.3 is 15.8 Å². The molecule has 0 aromatic heterocycles. The molecular formula is C23H24N2O3. The summed E-state index contributed by atoms with van der Waals surface area (Å²) in [7, 11) is 1.32. The third-order valence-corrected chi connectivity index (χ3v) is 4.74. The number of anilines is 1. The standard InChI is InChI=1S/C23H24N2O3/c1-3-7-21(23(27)28-2)25-22(26)19-13-12-16(24)14-20(19)18-11-6-9-15-8-4-5-10-17(15)18/h4-6,8-14,21H,3,7,24H2,1-2H3,(H,25,26). The fourth-order valence-electron chi connectivity index (χ4n) is 3.36. The van der Waals surface area contributed by atoms with E-state index in [1.54, 1.807) is 18.2 Å². The number of methoxy groups -OCH3 is 1. The van der Waals surface area contributed by atoms with Crippen molar-refractivity contribution in [2.45, 2.75) is 25.8 Å². The summed E-state index contributed by atoms with van der Waals surface area (Å²) >= 11 is 0.